The van der Waals surface area contributed by atoms with Gasteiger partial charge < -0.3 is 15.0 Å². The quantitative estimate of drug-likeness (QED) is 0.682. The van der Waals surface area contributed by atoms with Gasteiger partial charge in [0.15, 0.2) is 5.75 Å². The van der Waals surface area contributed by atoms with Crippen molar-refractivity contribution < 1.29 is 14.5 Å². The van der Waals surface area contributed by atoms with Crippen LogP contribution < -0.4 is 15.0 Å². The summed E-state index contributed by atoms with van der Waals surface area (Å²) in [5.41, 5.74) is 3.96. The molecule has 0 fully saturated rings. The summed E-state index contributed by atoms with van der Waals surface area (Å²) in [5.74, 6) is 0.163. The first-order valence-electron chi connectivity index (χ1n) is 7.95. The molecule has 7 nitrogen and oxygen atoms in total. The molecule has 0 radical (unpaired) electrons. The smallest absolute Gasteiger partial charge is 0.311 e. The van der Waals surface area contributed by atoms with Gasteiger partial charge in [0.1, 0.15) is 0 Å². The van der Waals surface area contributed by atoms with Crippen LogP contribution in [-0.4, -0.2) is 24.5 Å². The number of nitrogens with one attached hydrogen (secondary N) is 1. The molecule has 1 aliphatic heterocycles. The molecule has 3 rings (SSSR count). The van der Waals surface area contributed by atoms with E-state index in [0.717, 1.165) is 35.5 Å². The van der Waals surface area contributed by atoms with Crippen molar-refractivity contribution in [3.63, 3.8) is 0 Å². The zero-order chi connectivity index (χ0) is 18.0. The number of amides is 1. The molecule has 7 heteroatoms. The Morgan fingerprint density at radius 3 is 2.80 bits per heavy atom. The predicted molar refractivity (Wildman–Crippen MR) is 95.1 cm³/mol. The Morgan fingerprint density at radius 1 is 1.32 bits per heavy atom. The van der Waals surface area contributed by atoms with Crippen LogP contribution in [0.5, 0.6) is 5.75 Å². The molecule has 2 aromatic rings. The molecule has 0 bridgehead atoms. The molecule has 0 aromatic heterocycles. The van der Waals surface area contributed by atoms with Gasteiger partial charge >= 0.3 is 5.69 Å². The summed E-state index contributed by atoms with van der Waals surface area (Å²) in [7, 11) is 1.43. The van der Waals surface area contributed by atoms with Crippen LogP contribution in [0.1, 0.15) is 18.1 Å². The van der Waals surface area contributed by atoms with Gasteiger partial charge in [0.05, 0.1) is 12.0 Å². The van der Waals surface area contributed by atoms with Crippen molar-refractivity contribution in [2.75, 3.05) is 23.9 Å². The second-order valence-electron chi connectivity index (χ2n) is 5.91. The standard InChI is InChI=1S/C18H19N3O4/c1-12(22)19-16-5-3-4-13-11-20(9-8-15(13)16)14-6-7-17(21(23)24)18(10-14)25-2/h3-7,10H,8-9,11H2,1-2H3,(H,19,22). The number of nitrogens with zero attached hydrogens (tertiary/aromatic N) is 2. The lowest BCUT2D eigenvalue weighted by atomic mass is 9.97. The highest BCUT2D eigenvalue weighted by Crippen LogP contribution is 2.34. The number of fused-ring (bicyclic) bond motifs is 1. The van der Waals surface area contributed by atoms with Gasteiger partial charge in [-0.15, -0.1) is 0 Å². The summed E-state index contributed by atoms with van der Waals surface area (Å²) in [6.45, 7) is 2.92. The van der Waals surface area contributed by atoms with Crippen molar-refractivity contribution in [1.82, 2.24) is 0 Å². The summed E-state index contributed by atoms with van der Waals surface area (Å²) in [6.07, 6.45) is 0.783. The average molecular weight is 341 g/mol. The number of carbonyl (C=O) groups excluding carboxylic acids is 1. The van der Waals surface area contributed by atoms with Crippen molar-refractivity contribution in [3.8, 4) is 5.75 Å². The fourth-order valence-corrected chi connectivity index (χ4v) is 3.15. The Morgan fingerprint density at radius 2 is 2.12 bits per heavy atom. The molecule has 130 valence electrons. The van der Waals surface area contributed by atoms with E-state index in [2.05, 4.69) is 10.2 Å². The Hall–Kier alpha value is -3.09. The molecule has 1 amide bonds. The normalized spacial score (nSPS) is 13.1. The first-order chi connectivity index (χ1) is 12.0. The minimum absolute atomic E-state index is 0.0448. The van der Waals surface area contributed by atoms with Gasteiger partial charge in [-0.25, -0.2) is 0 Å². The molecule has 1 heterocycles. The van der Waals surface area contributed by atoms with Crippen LogP contribution in [0.25, 0.3) is 0 Å². The fourth-order valence-electron chi connectivity index (χ4n) is 3.15. The van der Waals surface area contributed by atoms with Gasteiger partial charge in [0, 0.05) is 43.5 Å². The second kappa shape index (κ2) is 6.80. The lowest BCUT2D eigenvalue weighted by Gasteiger charge is -2.32. The van der Waals surface area contributed by atoms with E-state index >= 15 is 0 Å². The maximum Gasteiger partial charge on any atom is 0.311 e. The van der Waals surface area contributed by atoms with E-state index in [0.29, 0.717) is 6.54 Å². The van der Waals surface area contributed by atoms with Crippen molar-refractivity contribution in [1.29, 1.82) is 0 Å². The van der Waals surface area contributed by atoms with Gasteiger partial charge in [-0.1, -0.05) is 12.1 Å². The first kappa shape index (κ1) is 16.8. The van der Waals surface area contributed by atoms with E-state index in [9.17, 15) is 14.9 Å². The molecule has 0 atom stereocenters. The van der Waals surface area contributed by atoms with Gasteiger partial charge in [0.25, 0.3) is 0 Å². The van der Waals surface area contributed by atoms with Gasteiger partial charge in [-0.2, -0.15) is 0 Å². The summed E-state index contributed by atoms with van der Waals surface area (Å²) in [5, 5.41) is 13.9. The van der Waals surface area contributed by atoms with Crippen LogP contribution in [-0.2, 0) is 17.8 Å². The van der Waals surface area contributed by atoms with Crippen molar-refractivity contribution in [2.24, 2.45) is 0 Å². The van der Waals surface area contributed by atoms with Crippen LogP contribution >= 0.6 is 0 Å². The van der Waals surface area contributed by atoms with Crippen LogP contribution in [0.15, 0.2) is 36.4 Å². The Balaban J connectivity index is 1.88. The molecular formula is C18H19N3O4. The SMILES string of the molecule is COc1cc(N2CCc3c(cccc3NC(C)=O)C2)ccc1[N+](=O)[O-]. The third-order valence-corrected chi connectivity index (χ3v) is 4.30. The van der Waals surface area contributed by atoms with Crippen LogP contribution in [0, 0.1) is 10.1 Å². The molecule has 0 unspecified atom stereocenters. The number of hydrogen-bond acceptors (Lipinski definition) is 5. The maximum absolute atomic E-state index is 11.4. The Labute approximate surface area is 145 Å². The largest absolute Gasteiger partial charge is 0.490 e. The Kier molecular flexibility index (Phi) is 4.56. The number of nitro groups is 1. The Bertz CT molecular complexity index is 835. The fraction of sp³-hybridized carbons (Fsp3) is 0.278. The number of ether oxygens (including phenoxy) is 1. The molecule has 1 aliphatic rings. The third kappa shape index (κ3) is 3.40. The van der Waals surface area contributed by atoms with Gasteiger partial charge in [-0.3, -0.25) is 14.9 Å². The van der Waals surface area contributed by atoms with E-state index in [1.165, 1.54) is 20.1 Å². The topological polar surface area (TPSA) is 84.7 Å². The monoisotopic (exact) mass is 341 g/mol. The van der Waals surface area contributed by atoms with E-state index in [-0.39, 0.29) is 17.3 Å². The molecular weight excluding hydrogens is 322 g/mol. The number of nitro benzene ring substituents is 1. The minimum atomic E-state index is -0.451. The third-order valence-electron chi connectivity index (χ3n) is 4.30. The highest BCUT2D eigenvalue weighted by molar-refractivity contribution is 5.89. The van der Waals surface area contributed by atoms with Gasteiger partial charge in [0.2, 0.25) is 5.91 Å². The molecule has 25 heavy (non-hydrogen) atoms. The zero-order valence-electron chi connectivity index (χ0n) is 14.1. The van der Waals surface area contributed by atoms with E-state index in [1.54, 1.807) is 12.1 Å². The number of benzene rings is 2. The van der Waals surface area contributed by atoms with E-state index in [4.69, 9.17) is 4.74 Å². The predicted octanol–water partition coefficient (Wildman–Crippen LogP) is 3.12. The van der Waals surface area contributed by atoms with E-state index in [1.807, 2.05) is 18.2 Å². The summed E-state index contributed by atoms with van der Waals surface area (Å²) in [4.78, 5) is 24.1. The van der Waals surface area contributed by atoms with Crippen molar-refractivity contribution in [2.45, 2.75) is 19.9 Å². The lowest BCUT2D eigenvalue weighted by molar-refractivity contribution is -0.385. The molecule has 0 saturated heterocycles. The summed E-state index contributed by atoms with van der Waals surface area (Å²) < 4.78 is 5.15. The molecule has 2 aromatic carbocycles. The highest BCUT2D eigenvalue weighted by atomic mass is 16.6. The highest BCUT2D eigenvalue weighted by Gasteiger charge is 2.22. The number of anilines is 2. The minimum Gasteiger partial charge on any atom is -0.490 e. The average Bonchev–Trinajstić information content (AvgIpc) is 2.60. The van der Waals surface area contributed by atoms with Gasteiger partial charge in [-0.05, 0) is 29.7 Å². The molecule has 1 N–H and O–H groups in total. The summed E-state index contributed by atoms with van der Waals surface area (Å²) >= 11 is 0. The lowest BCUT2D eigenvalue weighted by Crippen LogP contribution is -2.31. The van der Waals surface area contributed by atoms with Crippen molar-refractivity contribution >= 4 is 23.0 Å². The van der Waals surface area contributed by atoms with Crippen molar-refractivity contribution in [3.05, 3.63) is 57.6 Å². The number of rotatable bonds is 4. The molecule has 0 saturated carbocycles. The molecule has 0 aliphatic carbocycles. The first-order valence-corrected chi connectivity index (χ1v) is 7.95. The maximum atomic E-state index is 11.4. The zero-order valence-corrected chi connectivity index (χ0v) is 14.1. The number of hydrogen-bond donors (Lipinski definition) is 1. The number of methoxy groups -OCH3 is 1. The van der Waals surface area contributed by atoms with E-state index < -0.39 is 4.92 Å². The van der Waals surface area contributed by atoms with Crippen LogP contribution in [0.3, 0.4) is 0 Å². The second-order valence-corrected chi connectivity index (χ2v) is 5.91. The summed E-state index contributed by atoms with van der Waals surface area (Å²) in [6, 6.07) is 10.8. The van der Waals surface area contributed by atoms with Crippen LogP contribution in [0.2, 0.25) is 0 Å². The molecule has 0 spiro atoms. The van der Waals surface area contributed by atoms with Crippen LogP contribution in [0.4, 0.5) is 17.1 Å². The number of carbonyl (C=O) groups is 1.